The number of nitrogens with zero attached hydrogens (tertiary/aromatic N) is 1. The molecule has 5 atom stereocenters. The molecule has 27 heavy (non-hydrogen) atoms. The van der Waals surface area contributed by atoms with Crippen LogP contribution < -0.4 is 10.6 Å². The molecule has 0 saturated carbocycles. The van der Waals surface area contributed by atoms with Gasteiger partial charge in [0.1, 0.15) is 5.54 Å². The van der Waals surface area contributed by atoms with Gasteiger partial charge < -0.3 is 10.4 Å². The second-order valence-corrected chi connectivity index (χ2v) is 7.93. The van der Waals surface area contributed by atoms with Crippen molar-refractivity contribution in [3.05, 3.63) is 28.8 Å². The Bertz CT molecular complexity index is 842. The zero-order valence-electron chi connectivity index (χ0n) is 15.2. The first-order valence-electron chi connectivity index (χ1n) is 9.26. The molecule has 2 saturated heterocycles. The van der Waals surface area contributed by atoms with Crippen LogP contribution in [-0.2, 0) is 19.9 Å². The van der Waals surface area contributed by atoms with Crippen LogP contribution in [0.25, 0.3) is 0 Å². The molecule has 7 nitrogen and oxygen atoms in total. The van der Waals surface area contributed by atoms with Gasteiger partial charge in [-0.1, -0.05) is 37.1 Å². The Kier molecular flexibility index (Phi) is 4.29. The molecule has 8 heteroatoms. The van der Waals surface area contributed by atoms with Gasteiger partial charge >= 0.3 is 0 Å². The van der Waals surface area contributed by atoms with Crippen molar-refractivity contribution in [2.45, 2.75) is 44.4 Å². The lowest BCUT2D eigenvalue weighted by Gasteiger charge is -2.30. The van der Waals surface area contributed by atoms with Gasteiger partial charge in [0.15, 0.2) is 0 Å². The van der Waals surface area contributed by atoms with E-state index >= 15 is 0 Å². The van der Waals surface area contributed by atoms with E-state index in [0.717, 1.165) is 6.42 Å². The maximum Gasteiger partial charge on any atom is 0.250 e. The zero-order valence-corrected chi connectivity index (χ0v) is 15.9. The predicted octanol–water partition coefficient (Wildman–Crippen LogP) is 1.24. The van der Waals surface area contributed by atoms with Crippen molar-refractivity contribution in [2.24, 2.45) is 11.8 Å². The maximum absolute atomic E-state index is 13.2. The van der Waals surface area contributed by atoms with Crippen LogP contribution in [0.4, 0.5) is 5.69 Å². The van der Waals surface area contributed by atoms with Crippen molar-refractivity contribution in [1.29, 1.82) is 0 Å². The molecular formula is C19H22ClN3O4. The average Bonchev–Trinajstić information content (AvgIpc) is 3.21. The molecule has 0 aromatic heterocycles. The number of rotatable bonds is 4. The van der Waals surface area contributed by atoms with Gasteiger partial charge in [-0.2, -0.15) is 0 Å². The number of anilines is 1. The fraction of sp³-hybridized carbons (Fsp3) is 0.526. The molecule has 1 aromatic carbocycles. The Morgan fingerprint density at radius 1 is 1.30 bits per heavy atom. The number of likely N-dealkylation sites (tertiary alicyclic amines) is 1. The highest BCUT2D eigenvalue weighted by atomic mass is 35.5. The SMILES string of the molecule is CCCCN1C(=O)[C@@H]2[C@@H]([C@@H](C)O)N[C@]3(C(=O)Nc4c(Cl)cccc43)[C@@H]2C1=O. The molecule has 0 unspecified atom stereocenters. The standard InChI is InChI=1S/C19H22ClN3O4/c1-3-4-8-23-16(25)12-13(17(23)26)19(22-14(12)9(2)24)10-6-5-7-11(20)15(10)21-18(19)27/h5-7,9,12-14,22,24H,3-4,8H2,1-2H3,(H,21,27)/t9-,12+,13+,14-,19+/m1/s1. The Hall–Kier alpha value is -1.96. The van der Waals surface area contributed by atoms with Crippen LogP contribution in [0.2, 0.25) is 5.02 Å². The van der Waals surface area contributed by atoms with E-state index in [0.29, 0.717) is 29.2 Å². The summed E-state index contributed by atoms with van der Waals surface area (Å²) in [6, 6.07) is 4.41. The molecule has 3 aliphatic rings. The number of hydrogen-bond acceptors (Lipinski definition) is 5. The number of hydrogen-bond donors (Lipinski definition) is 3. The number of carbonyl (C=O) groups is 3. The zero-order chi connectivity index (χ0) is 19.5. The molecule has 3 amide bonds. The van der Waals surface area contributed by atoms with E-state index in [-0.39, 0.29) is 11.8 Å². The number of nitrogens with one attached hydrogen (secondary N) is 2. The molecule has 0 bridgehead atoms. The highest BCUT2D eigenvalue weighted by Gasteiger charge is 2.71. The van der Waals surface area contributed by atoms with Crippen molar-refractivity contribution in [3.8, 4) is 0 Å². The smallest absolute Gasteiger partial charge is 0.250 e. The highest BCUT2D eigenvalue weighted by Crippen LogP contribution is 2.54. The number of unbranched alkanes of at least 4 members (excludes halogenated alkanes) is 1. The van der Waals surface area contributed by atoms with Crippen LogP contribution in [-0.4, -0.2) is 46.4 Å². The van der Waals surface area contributed by atoms with Crippen molar-refractivity contribution < 1.29 is 19.5 Å². The number of carbonyl (C=O) groups excluding carboxylic acids is 3. The minimum absolute atomic E-state index is 0.322. The summed E-state index contributed by atoms with van der Waals surface area (Å²) in [4.78, 5) is 40.6. The predicted molar refractivity (Wildman–Crippen MR) is 99.0 cm³/mol. The van der Waals surface area contributed by atoms with Crippen LogP contribution in [0.5, 0.6) is 0 Å². The van der Waals surface area contributed by atoms with E-state index in [1.807, 2.05) is 6.92 Å². The molecule has 1 spiro atoms. The summed E-state index contributed by atoms with van der Waals surface area (Å²) in [5, 5.41) is 16.6. The van der Waals surface area contributed by atoms with Gasteiger partial charge in [-0.15, -0.1) is 0 Å². The number of benzene rings is 1. The summed E-state index contributed by atoms with van der Waals surface area (Å²) >= 11 is 6.25. The Morgan fingerprint density at radius 2 is 2.04 bits per heavy atom. The van der Waals surface area contributed by atoms with E-state index in [1.54, 1.807) is 25.1 Å². The van der Waals surface area contributed by atoms with E-state index in [9.17, 15) is 19.5 Å². The molecule has 144 valence electrons. The third-order valence-electron chi connectivity index (χ3n) is 5.98. The summed E-state index contributed by atoms with van der Waals surface area (Å²) in [5.74, 6) is -2.79. The lowest BCUT2D eigenvalue weighted by Crippen LogP contribution is -2.54. The fourth-order valence-electron chi connectivity index (χ4n) is 4.73. The molecule has 3 N–H and O–H groups in total. The largest absolute Gasteiger partial charge is 0.392 e. The molecule has 1 aromatic rings. The second-order valence-electron chi connectivity index (χ2n) is 7.52. The van der Waals surface area contributed by atoms with Crippen molar-refractivity contribution in [1.82, 2.24) is 10.2 Å². The minimum atomic E-state index is -1.40. The topological polar surface area (TPSA) is 98.7 Å². The molecule has 0 aliphatic carbocycles. The normalized spacial score (nSPS) is 32.8. The maximum atomic E-state index is 13.2. The number of aliphatic hydroxyl groups is 1. The summed E-state index contributed by atoms with van der Waals surface area (Å²) in [5.41, 5.74) is -0.397. The molecule has 3 heterocycles. The Balaban J connectivity index is 1.87. The molecule has 2 fully saturated rings. The highest BCUT2D eigenvalue weighted by molar-refractivity contribution is 6.35. The van der Waals surface area contributed by atoms with Crippen LogP contribution >= 0.6 is 11.6 Å². The number of imide groups is 1. The first-order valence-corrected chi connectivity index (χ1v) is 9.63. The van der Waals surface area contributed by atoms with Gasteiger partial charge in [-0.25, -0.2) is 0 Å². The Morgan fingerprint density at radius 3 is 2.70 bits per heavy atom. The van der Waals surface area contributed by atoms with Crippen molar-refractivity contribution in [2.75, 3.05) is 11.9 Å². The summed E-state index contributed by atoms with van der Waals surface area (Å²) in [6.07, 6.45) is 0.635. The van der Waals surface area contributed by atoms with Gasteiger partial charge in [-0.05, 0) is 19.4 Å². The first kappa shape index (κ1) is 18.4. The van der Waals surface area contributed by atoms with E-state index in [1.165, 1.54) is 4.90 Å². The van der Waals surface area contributed by atoms with Gasteiger partial charge in [0.05, 0.1) is 28.6 Å². The number of halogens is 1. The quantitative estimate of drug-likeness (QED) is 0.671. The lowest BCUT2D eigenvalue weighted by atomic mass is 9.76. The number of fused-ring (bicyclic) bond motifs is 4. The lowest BCUT2D eigenvalue weighted by molar-refractivity contribution is -0.143. The molecule has 0 radical (unpaired) electrons. The third-order valence-corrected chi connectivity index (χ3v) is 6.30. The number of aliphatic hydroxyl groups excluding tert-OH is 1. The monoisotopic (exact) mass is 391 g/mol. The van der Waals surface area contributed by atoms with Crippen molar-refractivity contribution >= 4 is 35.0 Å². The van der Waals surface area contributed by atoms with Crippen LogP contribution in [0.1, 0.15) is 32.3 Å². The summed E-state index contributed by atoms with van der Waals surface area (Å²) < 4.78 is 0. The van der Waals surface area contributed by atoms with Gasteiger partial charge in [0.2, 0.25) is 17.7 Å². The first-order chi connectivity index (χ1) is 12.8. The second kappa shape index (κ2) is 6.29. The average molecular weight is 392 g/mol. The minimum Gasteiger partial charge on any atom is -0.392 e. The summed E-state index contributed by atoms with van der Waals surface area (Å²) in [6.45, 7) is 3.87. The molecular weight excluding hydrogens is 370 g/mol. The number of para-hydroxylation sites is 1. The van der Waals surface area contributed by atoms with Gasteiger partial charge in [0.25, 0.3) is 0 Å². The molecule has 4 rings (SSSR count). The number of amides is 3. The van der Waals surface area contributed by atoms with Crippen LogP contribution in [0.3, 0.4) is 0 Å². The fourth-order valence-corrected chi connectivity index (χ4v) is 4.96. The Labute approximate surface area is 162 Å². The van der Waals surface area contributed by atoms with Crippen molar-refractivity contribution in [3.63, 3.8) is 0 Å². The van der Waals surface area contributed by atoms with Gasteiger partial charge in [0, 0.05) is 18.2 Å². The van der Waals surface area contributed by atoms with E-state index < -0.39 is 35.4 Å². The van der Waals surface area contributed by atoms with E-state index in [2.05, 4.69) is 10.6 Å². The van der Waals surface area contributed by atoms with Crippen LogP contribution in [0.15, 0.2) is 18.2 Å². The van der Waals surface area contributed by atoms with E-state index in [4.69, 9.17) is 11.6 Å². The van der Waals surface area contributed by atoms with Crippen LogP contribution in [0, 0.1) is 11.8 Å². The van der Waals surface area contributed by atoms with Gasteiger partial charge in [-0.3, -0.25) is 24.6 Å². The third kappa shape index (κ3) is 2.31. The molecule has 3 aliphatic heterocycles. The summed E-state index contributed by atoms with van der Waals surface area (Å²) in [7, 11) is 0.